The summed E-state index contributed by atoms with van der Waals surface area (Å²) in [6, 6.07) is 5.76. The van der Waals surface area contributed by atoms with Gasteiger partial charge in [0.2, 0.25) is 16.0 Å². The number of aryl methyl sites for hydroxylation is 1. The summed E-state index contributed by atoms with van der Waals surface area (Å²) in [6.45, 7) is 3.31. The van der Waals surface area contributed by atoms with Gasteiger partial charge in [-0.15, -0.1) is 11.3 Å². The number of aromatic nitrogens is 3. The zero-order valence-corrected chi connectivity index (χ0v) is 21.7. The van der Waals surface area contributed by atoms with E-state index in [0.717, 1.165) is 40.5 Å². The molecular formula is C23H27F3N6O2S2. The molecule has 8 nitrogen and oxygen atoms in total. The number of sulfonamides is 1. The molecule has 0 radical (unpaired) electrons. The lowest BCUT2D eigenvalue weighted by atomic mass is 10.1. The van der Waals surface area contributed by atoms with Crippen LogP contribution in [0.3, 0.4) is 0 Å². The minimum absolute atomic E-state index is 0.0679. The van der Waals surface area contributed by atoms with Gasteiger partial charge in [0.15, 0.2) is 0 Å². The third-order valence-corrected chi connectivity index (χ3v) is 8.33. The van der Waals surface area contributed by atoms with E-state index in [1.807, 2.05) is 32.2 Å². The Labute approximate surface area is 212 Å². The predicted octanol–water partition coefficient (Wildman–Crippen LogP) is 4.15. The molecule has 2 N–H and O–H groups in total. The van der Waals surface area contributed by atoms with E-state index in [1.54, 1.807) is 0 Å². The van der Waals surface area contributed by atoms with Gasteiger partial charge in [0.25, 0.3) is 0 Å². The molecule has 1 aromatic carbocycles. The second-order valence-electron chi connectivity index (χ2n) is 8.74. The van der Waals surface area contributed by atoms with Crippen molar-refractivity contribution >= 4 is 27.3 Å². The average molecular weight is 541 g/mol. The van der Waals surface area contributed by atoms with E-state index in [-0.39, 0.29) is 22.6 Å². The molecule has 0 atom stereocenters. The summed E-state index contributed by atoms with van der Waals surface area (Å²) in [5, 5.41) is 6.77. The minimum atomic E-state index is -4.64. The Morgan fingerprint density at radius 3 is 2.50 bits per heavy atom. The van der Waals surface area contributed by atoms with E-state index >= 15 is 0 Å². The van der Waals surface area contributed by atoms with Gasteiger partial charge in [0.1, 0.15) is 10.6 Å². The van der Waals surface area contributed by atoms with Crippen molar-refractivity contribution in [1.29, 1.82) is 0 Å². The largest absolute Gasteiger partial charge is 0.420 e. The standard InChI is InChI=1S/C23H27F3N6O2S2/c1-14-10-15(11-27-2)4-5-17(14)21-28-13-19(35-21)20-18(23(24,25)26)12-29-22(31-20)30-16-6-8-32(9-7-16)36(3,33)34/h4-5,10,12-13,16,27H,6-9,11H2,1-3H3,(H,29,30,31). The van der Waals surface area contributed by atoms with E-state index in [2.05, 4.69) is 25.6 Å². The summed E-state index contributed by atoms with van der Waals surface area (Å²) in [5.74, 6) is 0.0679. The lowest BCUT2D eigenvalue weighted by molar-refractivity contribution is -0.137. The number of nitrogens with one attached hydrogen (secondary N) is 2. The number of hydrogen-bond donors (Lipinski definition) is 2. The molecule has 0 bridgehead atoms. The molecule has 0 amide bonds. The maximum atomic E-state index is 13.8. The average Bonchev–Trinajstić information content (AvgIpc) is 3.28. The molecule has 194 valence electrons. The van der Waals surface area contributed by atoms with Gasteiger partial charge in [-0.1, -0.05) is 18.2 Å². The maximum Gasteiger partial charge on any atom is 0.420 e. The van der Waals surface area contributed by atoms with Gasteiger partial charge in [0, 0.05) is 43.6 Å². The summed E-state index contributed by atoms with van der Waals surface area (Å²) >= 11 is 1.14. The van der Waals surface area contributed by atoms with Gasteiger partial charge in [-0.05, 0) is 37.9 Å². The Kier molecular flexibility index (Phi) is 7.64. The van der Waals surface area contributed by atoms with Gasteiger partial charge in [-0.2, -0.15) is 13.2 Å². The van der Waals surface area contributed by atoms with Crippen LogP contribution in [0.2, 0.25) is 0 Å². The van der Waals surface area contributed by atoms with Crippen molar-refractivity contribution in [3.05, 3.63) is 47.3 Å². The molecule has 1 fully saturated rings. The van der Waals surface area contributed by atoms with E-state index < -0.39 is 21.8 Å². The fourth-order valence-corrected chi connectivity index (χ4v) is 6.03. The molecule has 36 heavy (non-hydrogen) atoms. The highest BCUT2D eigenvalue weighted by Crippen LogP contribution is 2.40. The SMILES string of the molecule is CNCc1ccc(-c2ncc(-c3nc(NC4CCN(S(C)(=O)=O)CC4)ncc3C(F)(F)F)s2)c(C)c1. The van der Waals surface area contributed by atoms with Crippen LogP contribution in [0, 0.1) is 6.92 Å². The van der Waals surface area contributed by atoms with Crippen molar-refractivity contribution in [3.63, 3.8) is 0 Å². The van der Waals surface area contributed by atoms with E-state index in [0.29, 0.717) is 37.5 Å². The molecular weight excluding hydrogens is 513 g/mol. The van der Waals surface area contributed by atoms with E-state index in [9.17, 15) is 21.6 Å². The number of alkyl halides is 3. The Bertz CT molecular complexity index is 1340. The van der Waals surface area contributed by atoms with Crippen LogP contribution >= 0.6 is 11.3 Å². The van der Waals surface area contributed by atoms with Crippen LogP contribution in [0.1, 0.15) is 29.5 Å². The Balaban J connectivity index is 1.61. The molecule has 1 aliphatic heterocycles. The third-order valence-electron chi connectivity index (χ3n) is 5.99. The second kappa shape index (κ2) is 10.4. The molecule has 13 heteroatoms. The van der Waals surface area contributed by atoms with Crippen LogP contribution in [-0.2, 0) is 22.7 Å². The Hall–Kier alpha value is -2.61. The number of halogens is 3. The highest BCUT2D eigenvalue weighted by molar-refractivity contribution is 7.88. The minimum Gasteiger partial charge on any atom is -0.351 e. The number of thiazole rings is 1. The maximum absolute atomic E-state index is 13.8. The molecule has 0 saturated carbocycles. The molecule has 3 aromatic rings. The first-order valence-corrected chi connectivity index (χ1v) is 14.0. The van der Waals surface area contributed by atoms with Crippen LogP contribution in [0.4, 0.5) is 19.1 Å². The van der Waals surface area contributed by atoms with Gasteiger partial charge >= 0.3 is 6.18 Å². The van der Waals surface area contributed by atoms with Crippen LogP contribution in [0.15, 0.2) is 30.6 Å². The third kappa shape index (κ3) is 6.02. The molecule has 3 heterocycles. The van der Waals surface area contributed by atoms with Crippen LogP contribution in [-0.4, -0.2) is 60.1 Å². The lowest BCUT2D eigenvalue weighted by Crippen LogP contribution is -2.42. The van der Waals surface area contributed by atoms with Gasteiger partial charge < -0.3 is 10.6 Å². The fourth-order valence-electron chi connectivity index (χ4n) is 4.15. The molecule has 1 aliphatic rings. The summed E-state index contributed by atoms with van der Waals surface area (Å²) in [7, 11) is -1.42. The normalized spacial score (nSPS) is 15.8. The molecule has 0 unspecified atom stereocenters. The summed E-state index contributed by atoms with van der Waals surface area (Å²) in [6.07, 6.45) is -0.280. The quantitative estimate of drug-likeness (QED) is 0.464. The smallest absolute Gasteiger partial charge is 0.351 e. The van der Waals surface area contributed by atoms with Crippen molar-refractivity contribution in [2.45, 2.75) is 38.5 Å². The molecule has 0 spiro atoms. The van der Waals surface area contributed by atoms with Crippen molar-refractivity contribution in [3.8, 4) is 21.1 Å². The van der Waals surface area contributed by atoms with Crippen LogP contribution < -0.4 is 10.6 Å². The van der Waals surface area contributed by atoms with E-state index in [1.165, 1.54) is 10.5 Å². The van der Waals surface area contributed by atoms with Crippen LogP contribution in [0.5, 0.6) is 0 Å². The zero-order chi connectivity index (χ0) is 26.1. The first-order chi connectivity index (χ1) is 17.0. The fraction of sp³-hybridized carbons (Fsp3) is 0.435. The van der Waals surface area contributed by atoms with Crippen molar-refractivity contribution < 1.29 is 21.6 Å². The van der Waals surface area contributed by atoms with Crippen molar-refractivity contribution in [2.24, 2.45) is 0 Å². The molecule has 0 aliphatic carbocycles. The first kappa shape index (κ1) is 26.5. The highest BCUT2D eigenvalue weighted by atomic mass is 32.2. The number of benzene rings is 1. The topological polar surface area (TPSA) is 100 Å². The summed E-state index contributed by atoms with van der Waals surface area (Å²) < 4.78 is 66.2. The van der Waals surface area contributed by atoms with Gasteiger partial charge in [-0.3, -0.25) is 0 Å². The predicted molar refractivity (Wildman–Crippen MR) is 134 cm³/mol. The van der Waals surface area contributed by atoms with Gasteiger partial charge in [-0.25, -0.2) is 27.7 Å². The Morgan fingerprint density at radius 1 is 1.17 bits per heavy atom. The van der Waals surface area contributed by atoms with Crippen LogP contribution in [0.25, 0.3) is 21.1 Å². The highest BCUT2D eigenvalue weighted by Gasteiger charge is 2.36. The second-order valence-corrected chi connectivity index (χ2v) is 11.8. The molecule has 2 aromatic heterocycles. The summed E-state index contributed by atoms with van der Waals surface area (Å²) in [5.41, 5.74) is 1.76. The Morgan fingerprint density at radius 2 is 1.89 bits per heavy atom. The summed E-state index contributed by atoms with van der Waals surface area (Å²) in [4.78, 5) is 12.8. The monoisotopic (exact) mass is 540 g/mol. The van der Waals surface area contributed by atoms with Crippen molar-refractivity contribution in [2.75, 3.05) is 31.7 Å². The molecule has 1 saturated heterocycles. The lowest BCUT2D eigenvalue weighted by Gasteiger charge is -2.30. The van der Waals surface area contributed by atoms with Crippen molar-refractivity contribution in [1.82, 2.24) is 24.6 Å². The number of piperidine rings is 1. The number of anilines is 1. The number of nitrogens with zero attached hydrogens (tertiary/aromatic N) is 4. The van der Waals surface area contributed by atoms with Gasteiger partial charge in [0.05, 0.1) is 16.8 Å². The first-order valence-electron chi connectivity index (χ1n) is 11.3. The number of rotatable bonds is 7. The van der Waals surface area contributed by atoms with E-state index in [4.69, 9.17) is 0 Å². The zero-order valence-electron chi connectivity index (χ0n) is 20.1. The molecule has 4 rings (SSSR count). The number of hydrogen-bond acceptors (Lipinski definition) is 8.